The predicted octanol–water partition coefficient (Wildman–Crippen LogP) is 2.29. The molecule has 1 atom stereocenters. The molecule has 1 aliphatic heterocycles. The van der Waals surface area contributed by atoms with E-state index in [1.165, 1.54) is 12.3 Å². The van der Waals surface area contributed by atoms with Crippen LogP contribution in [0.4, 0.5) is 11.6 Å². The Balaban J connectivity index is 1.85. The number of anilines is 1. The molecule has 0 radical (unpaired) electrons. The maximum atomic E-state index is 10.9. The number of aliphatic hydroxyl groups excluding tert-OH is 1. The average Bonchev–Trinajstić information content (AvgIpc) is 3.01. The molecule has 2 aromatic heterocycles. The van der Waals surface area contributed by atoms with Crippen molar-refractivity contribution in [2.24, 2.45) is 0 Å². The largest absolute Gasteiger partial charge is 0.391 e. The van der Waals surface area contributed by atoms with Crippen LogP contribution in [0.15, 0.2) is 42.6 Å². The monoisotopic (exact) mass is 339 g/mol. The lowest BCUT2D eigenvalue weighted by molar-refractivity contribution is -0.385. The van der Waals surface area contributed by atoms with Gasteiger partial charge in [0.05, 0.1) is 22.1 Å². The molecule has 1 aromatic carbocycles. The Hall–Kier alpha value is -3.00. The minimum Gasteiger partial charge on any atom is -0.391 e. The summed E-state index contributed by atoms with van der Waals surface area (Å²) in [4.78, 5) is 21.4. The molecule has 0 amide bonds. The number of piperidine rings is 1. The van der Waals surface area contributed by atoms with Crippen molar-refractivity contribution < 1.29 is 10.0 Å². The van der Waals surface area contributed by atoms with Gasteiger partial charge < -0.3 is 10.0 Å². The number of rotatable bonds is 3. The van der Waals surface area contributed by atoms with Crippen LogP contribution in [0, 0.1) is 10.1 Å². The summed E-state index contributed by atoms with van der Waals surface area (Å²) in [6, 6.07) is 10.7. The maximum Gasteiger partial charge on any atom is 0.287 e. The van der Waals surface area contributed by atoms with Crippen molar-refractivity contribution in [2.75, 3.05) is 18.0 Å². The number of β-amino-alcohol motifs (C(OH)–C–C–N with tert-alkyl or cyclic N) is 1. The van der Waals surface area contributed by atoms with E-state index >= 15 is 0 Å². The Bertz CT molecular complexity index is 922. The number of imidazole rings is 1. The maximum absolute atomic E-state index is 10.9. The van der Waals surface area contributed by atoms with Gasteiger partial charge in [-0.3, -0.25) is 14.7 Å². The third-order valence-electron chi connectivity index (χ3n) is 4.39. The third kappa shape index (κ3) is 2.80. The Morgan fingerprint density at radius 3 is 2.80 bits per heavy atom. The van der Waals surface area contributed by atoms with E-state index in [1.807, 2.05) is 33.7 Å². The van der Waals surface area contributed by atoms with Crippen LogP contribution in [-0.4, -0.2) is 43.8 Å². The van der Waals surface area contributed by atoms with Gasteiger partial charge in [-0.1, -0.05) is 12.1 Å². The van der Waals surface area contributed by atoms with E-state index in [1.54, 1.807) is 6.07 Å². The van der Waals surface area contributed by atoms with Crippen LogP contribution in [0.3, 0.4) is 0 Å². The second kappa shape index (κ2) is 6.14. The van der Waals surface area contributed by atoms with Crippen LogP contribution >= 0.6 is 0 Å². The fourth-order valence-corrected chi connectivity index (χ4v) is 3.21. The lowest BCUT2D eigenvalue weighted by Gasteiger charge is -2.31. The molecular weight excluding hydrogens is 322 g/mol. The minimum absolute atomic E-state index is 0.0527. The van der Waals surface area contributed by atoms with Crippen molar-refractivity contribution in [3.8, 4) is 5.82 Å². The second-order valence-corrected chi connectivity index (χ2v) is 6.11. The summed E-state index contributed by atoms with van der Waals surface area (Å²) in [6.07, 6.45) is 2.54. The molecule has 0 aliphatic carbocycles. The molecule has 1 aliphatic rings. The Kier molecular flexibility index (Phi) is 3.81. The number of pyridine rings is 1. The normalized spacial score (nSPS) is 17.8. The van der Waals surface area contributed by atoms with Gasteiger partial charge in [0.15, 0.2) is 0 Å². The number of para-hydroxylation sites is 2. The standard InChI is InChI=1S/C17H17N5O3/c23-13-4-3-9-20(11-13)17-19-14-5-1-2-6-15(14)21(17)16-8-7-12(10-18-16)22(24)25/h1-2,5-8,10,13,23H,3-4,9,11H2/t13-/m1/s1. The first kappa shape index (κ1) is 15.5. The molecule has 0 saturated carbocycles. The summed E-state index contributed by atoms with van der Waals surface area (Å²) in [5, 5.41) is 20.9. The highest BCUT2D eigenvalue weighted by molar-refractivity contribution is 5.81. The number of hydrogen-bond donors (Lipinski definition) is 1. The summed E-state index contributed by atoms with van der Waals surface area (Å²) in [5.41, 5.74) is 1.64. The number of aliphatic hydroxyl groups is 1. The molecule has 1 N–H and O–H groups in total. The fourth-order valence-electron chi connectivity index (χ4n) is 3.21. The number of aromatic nitrogens is 3. The zero-order chi connectivity index (χ0) is 17.4. The number of nitrogens with zero attached hydrogens (tertiary/aromatic N) is 5. The minimum atomic E-state index is -0.468. The van der Waals surface area contributed by atoms with Crippen molar-refractivity contribution in [3.05, 3.63) is 52.7 Å². The fraction of sp³-hybridized carbons (Fsp3) is 0.294. The van der Waals surface area contributed by atoms with Crippen molar-refractivity contribution in [1.29, 1.82) is 0 Å². The summed E-state index contributed by atoms with van der Waals surface area (Å²) >= 11 is 0. The lowest BCUT2D eigenvalue weighted by atomic mass is 10.1. The molecule has 0 bridgehead atoms. The highest BCUT2D eigenvalue weighted by Gasteiger charge is 2.24. The first-order chi connectivity index (χ1) is 12.1. The number of nitro groups is 1. The molecule has 25 heavy (non-hydrogen) atoms. The second-order valence-electron chi connectivity index (χ2n) is 6.11. The summed E-state index contributed by atoms with van der Waals surface area (Å²) in [7, 11) is 0. The quantitative estimate of drug-likeness (QED) is 0.581. The van der Waals surface area contributed by atoms with Gasteiger partial charge in [0.25, 0.3) is 5.69 Å². The van der Waals surface area contributed by atoms with Crippen LogP contribution < -0.4 is 4.90 Å². The SMILES string of the molecule is O=[N+]([O-])c1ccc(-n2c(N3CCC[C@@H](O)C3)nc3ccccc32)nc1. The van der Waals surface area contributed by atoms with E-state index in [2.05, 4.69) is 4.98 Å². The predicted molar refractivity (Wildman–Crippen MR) is 93.0 cm³/mol. The van der Waals surface area contributed by atoms with Crippen molar-refractivity contribution in [1.82, 2.24) is 14.5 Å². The first-order valence-electron chi connectivity index (χ1n) is 8.15. The van der Waals surface area contributed by atoms with Gasteiger partial charge in [0, 0.05) is 19.2 Å². The van der Waals surface area contributed by atoms with Gasteiger partial charge in [-0.25, -0.2) is 9.97 Å². The smallest absolute Gasteiger partial charge is 0.287 e. The summed E-state index contributed by atoms with van der Waals surface area (Å²) < 4.78 is 1.89. The van der Waals surface area contributed by atoms with E-state index in [-0.39, 0.29) is 11.8 Å². The van der Waals surface area contributed by atoms with Crippen molar-refractivity contribution in [3.63, 3.8) is 0 Å². The van der Waals surface area contributed by atoms with Crippen molar-refractivity contribution >= 4 is 22.7 Å². The summed E-state index contributed by atoms with van der Waals surface area (Å²) in [6.45, 7) is 1.31. The highest BCUT2D eigenvalue weighted by Crippen LogP contribution is 2.28. The zero-order valence-electron chi connectivity index (χ0n) is 13.4. The molecule has 1 saturated heterocycles. The van der Waals surface area contributed by atoms with Gasteiger partial charge >= 0.3 is 0 Å². The Morgan fingerprint density at radius 1 is 1.24 bits per heavy atom. The van der Waals surface area contributed by atoms with Gasteiger partial charge in [0.1, 0.15) is 12.0 Å². The molecule has 3 heterocycles. The molecule has 8 nitrogen and oxygen atoms in total. The van der Waals surface area contributed by atoms with E-state index < -0.39 is 4.92 Å². The molecule has 4 rings (SSSR count). The molecule has 8 heteroatoms. The topological polar surface area (TPSA) is 97.3 Å². The van der Waals surface area contributed by atoms with E-state index in [0.717, 1.165) is 30.4 Å². The number of benzene rings is 1. The van der Waals surface area contributed by atoms with Gasteiger partial charge in [-0.05, 0) is 31.0 Å². The average molecular weight is 339 g/mol. The van der Waals surface area contributed by atoms with Crippen molar-refractivity contribution in [2.45, 2.75) is 18.9 Å². The third-order valence-corrected chi connectivity index (χ3v) is 4.39. The molecule has 1 fully saturated rings. The number of fused-ring (bicyclic) bond motifs is 1. The zero-order valence-corrected chi connectivity index (χ0v) is 13.4. The lowest BCUT2D eigenvalue weighted by Crippen LogP contribution is -2.39. The molecular formula is C17H17N5O3. The van der Waals surface area contributed by atoms with Gasteiger partial charge in [-0.2, -0.15) is 0 Å². The molecule has 0 unspecified atom stereocenters. The van der Waals surface area contributed by atoms with Gasteiger partial charge in [-0.15, -0.1) is 0 Å². The van der Waals surface area contributed by atoms with Crippen LogP contribution in [0.5, 0.6) is 0 Å². The van der Waals surface area contributed by atoms with E-state index in [0.29, 0.717) is 18.3 Å². The van der Waals surface area contributed by atoms with E-state index in [4.69, 9.17) is 4.98 Å². The van der Waals surface area contributed by atoms with Gasteiger partial charge in [0.2, 0.25) is 5.95 Å². The molecule has 128 valence electrons. The Labute approximate surface area is 143 Å². The molecule has 3 aromatic rings. The van der Waals surface area contributed by atoms with Crippen LogP contribution in [0.1, 0.15) is 12.8 Å². The molecule has 0 spiro atoms. The van der Waals surface area contributed by atoms with Crippen LogP contribution in [-0.2, 0) is 0 Å². The Morgan fingerprint density at radius 2 is 2.08 bits per heavy atom. The first-order valence-corrected chi connectivity index (χ1v) is 8.15. The van der Waals surface area contributed by atoms with Crippen LogP contribution in [0.2, 0.25) is 0 Å². The number of hydrogen-bond acceptors (Lipinski definition) is 6. The summed E-state index contributed by atoms with van der Waals surface area (Å²) in [5.74, 6) is 1.26. The van der Waals surface area contributed by atoms with E-state index in [9.17, 15) is 15.2 Å². The highest BCUT2D eigenvalue weighted by atomic mass is 16.6. The van der Waals surface area contributed by atoms with Crippen LogP contribution in [0.25, 0.3) is 16.9 Å².